The first kappa shape index (κ1) is 19.5. The minimum absolute atomic E-state index is 0. The molecule has 1 amide bonds. The molecule has 8 heteroatoms. The maximum absolute atomic E-state index is 12.1. The molecule has 0 saturated carbocycles. The van der Waals surface area contributed by atoms with Gasteiger partial charge < -0.3 is 19.5 Å². The number of β-lactam (4-membered cyclic amide) rings is 1. The van der Waals surface area contributed by atoms with Gasteiger partial charge in [0.15, 0.2) is 0 Å². The van der Waals surface area contributed by atoms with Crippen molar-refractivity contribution in [3.05, 3.63) is 12.2 Å². The van der Waals surface area contributed by atoms with Crippen molar-refractivity contribution in [1.82, 2.24) is 4.90 Å². The van der Waals surface area contributed by atoms with Gasteiger partial charge in [0.2, 0.25) is 5.91 Å². The number of nitrogens with zero attached hydrogens (tertiary/aromatic N) is 1. The third-order valence-electron chi connectivity index (χ3n) is 3.99. The number of allylic oxidation sites excluding steroid dienone is 1. The fourth-order valence-corrected chi connectivity index (χ4v) is 4.26. The SMILES string of the molecule is CCSC1CC2C(CC=CC(=O)OC)C(=O)N2C1C(=O)[O-].[Na+]. The second-order valence-corrected chi connectivity index (χ2v) is 6.59. The molecule has 0 N–H and O–H groups in total. The minimum Gasteiger partial charge on any atom is -0.548 e. The molecule has 4 unspecified atom stereocenters. The number of aliphatic carboxylic acids is 1. The molecule has 2 heterocycles. The standard InChI is InChI=1S/C14H19NO5S.Na/c1-3-21-10-7-9-8(5-4-6-11(16)20-2)13(17)15(9)12(10)14(18)19;/h4,6,8-10,12H,3,5,7H2,1-2H3,(H,18,19);/q;+1/p-1. The number of hydrogen-bond acceptors (Lipinski definition) is 6. The van der Waals surface area contributed by atoms with Gasteiger partial charge in [0.1, 0.15) is 0 Å². The number of carbonyl (C=O) groups is 3. The summed E-state index contributed by atoms with van der Waals surface area (Å²) in [5, 5.41) is 11.2. The van der Waals surface area contributed by atoms with Gasteiger partial charge >= 0.3 is 35.5 Å². The van der Waals surface area contributed by atoms with Crippen molar-refractivity contribution in [2.75, 3.05) is 12.9 Å². The first-order valence-electron chi connectivity index (χ1n) is 6.90. The molecule has 116 valence electrons. The molecular formula is C14H18NNaO5S. The van der Waals surface area contributed by atoms with Gasteiger partial charge in [-0.25, -0.2) is 4.79 Å². The summed E-state index contributed by atoms with van der Waals surface area (Å²) in [4.78, 5) is 35.8. The Hall–Kier alpha value is -0.500. The van der Waals surface area contributed by atoms with Crippen LogP contribution in [0.5, 0.6) is 0 Å². The monoisotopic (exact) mass is 335 g/mol. The summed E-state index contributed by atoms with van der Waals surface area (Å²) >= 11 is 1.55. The second kappa shape index (κ2) is 8.38. The third kappa shape index (κ3) is 3.69. The van der Waals surface area contributed by atoms with E-state index in [1.165, 1.54) is 18.1 Å². The van der Waals surface area contributed by atoms with Gasteiger partial charge in [-0.1, -0.05) is 13.0 Å². The number of carbonyl (C=O) groups excluding carboxylic acids is 3. The first-order chi connectivity index (χ1) is 10.0. The van der Waals surface area contributed by atoms with E-state index in [4.69, 9.17) is 0 Å². The predicted octanol–water partition coefficient (Wildman–Crippen LogP) is -3.42. The number of carboxylic acid groups (broad SMARTS) is 1. The zero-order valence-corrected chi connectivity index (χ0v) is 15.8. The number of hydrogen-bond donors (Lipinski definition) is 0. The van der Waals surface area contributed by atoms with Crippen LogP contribution in [0.1, 0.15) is 19.8 Å². The number of carboxylic acids is 1. The van der Waals surface area contributed by atoms with Gasteiger partial charge in [-0.3, -0.25) is 4.79 Å². The summed E-state index contributed by atoms with van der Waals surface area (Å²) in [6.45, 7) is 1.96. The number of ether oxygens (including phenoxy) is 1. The summed E-state index contributed by atoms with van der Waals surface area (Å²) in [5.41, 5.74) is 0. The average Bonchev–Trinajstić information content (AvgIpc) is 2.79. The summed E-state index contributed by atoms with van der Waals surface area (Å²) < 4.78 is 4.48. The number of rotatable bonds is 6. The largest absolute Gasteiger partial charge is 1.00 e. The van der Waals surface area contributed by atoms with Gasteiger partial charge in [0.25, 0.3) is 0 Å². The Morgan fingerprint density at radius 1 is 1.50 bits per heavy atom. The topological polar surface area (TPSA) is 86.7 Å². The molecule has 2 aliphatic rings. The number of fused-ring (bicyclic) bond motifs is 1. The van der Waals surface area contributed by atoms with Crippen molar-refractivity contribution in [3.8, 4) is 0 Å². The van der Waals surface area contributed by atoms with Crippen molar-refractivity contribution in [2.24, 2.45) is 5.92 Å². The molecule has 6 nitrogen and oxygen atoms in total. The Morgan fingerprint density at radius 2 is 2.18 bits per heavy atom. The minimum atomic E-state index is -1.18. The number of thioether (sulfide) groups is 1. The maximum atomic E-state index is 12.1. The maximum Gasteiger partial charge on any atom is 1.00 e. The Morgan fingerprint density at radius 3 is 2.73 bits per heavy atom. The Kier molecular flexibility index (Phi) is 7.45. The molecule has 4 atom stereocenters. The van der Waals surface area contributed by atoms with E-state index in [1.807, 2.05) is 6.92 Å². The molecule has 2 aliphatic heterocycles. The van der Waals surface area contributed by atoms with Crippen LogP contribution in [0.2, 0.25) is 0 Å². The van der Waals surface area contributed by atoms with Crippen molar-refractivity contribution >= 4 is 29.6 Å². The second-order valence-electron chi connectivity index (χ2n) is 5.07. The Labute approximate surface area is 155 Å². The molecule has 0 aromatic heterocycles. The van der Waals surface area contributed by atoms with E-state index in [0.29, 0.717) is 12.8 Å². The molecule has 0 radical (unpaired) electrons. The summed E-state index contributed by atoms with van der Waals surface area (Å²) in [6, 6.07) is -0.889. The van der Waals surface area contributed by atoms with Gasteiger partial charge in [-0.2, -0.15) is 11.8 Å². The fraction of sp³-hybridized carbons (Fsp3) is 0.643. The van der Waals surface area contributed by atoms with Gasteiger partial charge in [-0.15, -0.1) is 0 Å². The molecule has 2 fully saturated rings. The molecule has 0 spiro atoms. The zero-order valence-electron chi connectivity index (χ0n) is 13.0. The van der Waals surface area contributed by atoms with Crippen LogP contribution in [-0.4, -0.2) is 52.9 Å². The molecule has 0 bridgehead atoms. The van der Waals surface area contributed by atoms with Crippen LogP contribution in [0, 0.1) is 5.92 Å². The molecule has 0 aromatic carbocycles. The predicted molar refractivity (Wildman–Crippen MR) is 75.2 cm³/mol. The van der Waals surface area contributed by atoms with E-state index in [1.54, 1.807) is 17.8 Å². The van der Waals surface area contributed by atoms with Crippen LogP contribution in [0.15, 0.2) is 12.2 Å². The Bertz CT molecular complexity index is 484. The smallest absolute Gasteiger partial charge is 0.548 e. The van der Waals surface area contributed by atoms with Crippen LogP contribution in [0.25, 0.3) is 0 Å². The van der Waals surface area contributed by atoms with Crippen LogP contribution in [0.3, 0.4) is 0 Å². The summed E-state index contributed by atoms with van der Waals surface area (Å²) in [5.74, 6) is -1.24. The number of esters is 1. The van der Waals surface area contributed by atoms with E-state index in [2.05, 4.69) is 4.74 Å². The molecule has 2 rings (SSSR count). The fourth-order valence-electron chi connectivity index (χ4n) is 3.07. The Balaban J connectivity index is 0.00000242. The van der Waals surface area contributed by atoms with Gasteiger partial charge in [0.05, 0.1) is 25.0 Å². The van der Waals surface area contributed by atoms with E-state index in [9.17, 15) is 19.5 Å². The van der Waals surface area contributed by atoms with E-state index in [-0.39, 0.29) is 52.7 Å². The van der Waals surface area contributed by atoms with Crippen LogP contribution < -0.4 is 34.7 Å². The molecule has 22 heavy (non-hydrogen) atoms. The van der Waals surface area contributed by atoms with Crippen LogP contribution in [-0.2, 0) is 19.1 Å². The van der Waals surface area contributed by atoms with Crippen molar-refractivity contribution in [3.63, 3.8) is 0 Å². The van der Waals surface area contributed by atoms with Gasteiger partial charge in [0, 0.05) is 17.4 Å². The van der Waals surface area contributed by atoms with Crippen LogP contribution in [0.4, 0.5) is 0 Å². The van der Waals surface area contributed by atoms with Crippen molar-refractivity contribution < 1.29 is 53.8 Å². The van der Waals surface area contributed by atoms with Crippen LogP contribution >= 0.6 is 11.8 Å². The summed E-state index contributed by atoms with van der Waals surface area (Å²) in [7, 11) is 1.29. The van der Waals surface area contributed by atoms with Gasteiger partial charge in [-0.05, 0) is 18.6 Å². The third-order valence-corrected chi connectivity index (χ3v) is 5.20. The first-order valence-corrected chi connectivity index (χ1v) is 7.95. The molecular weight excluding hydrogens is 317 g/mol. The van der Waals surface area contributed by atoms with E-state index >= 15 is 0 Å². The van der Waals surface area contributed by atoms with E-state index in [0.717, 1.165) is 5.75 Å². The molecule has 0 aromatic rings. The number of amides is 1. The average molecular weight is 335 g/mol. The van der Waals surface area contributed by atoms with E-state index < -0.39 is 18.0 Å². The van der Waals surface area contributed by atoms with Crippen molar-refractivity contribution in [1.29, 1.82) is 0 Å². The molecule has 0 aliphatic carbocycles. The zero-order chi connectivity index (χ0) is 15.6. The number of methoxy groups -OCH3 is 1. The quantitative estimate of drug-likeness (QED) is 0.217. The summed E-state index contributed by atoms with van der Waals surface area (Å²) in [6.07, 6.45) is 4.00. The molecule has 2 saturated heterocycles. The normalized spacial score (nSPS) is 29.7. The van der Waals surface area contributed by atoms with Crippen molar-refractivity contribution in [2.45, 2.75) is 37.1 Å².